The maximum absolute atomic E-state index is 12.9. The first kappa shape index (κ1) is 17.6. The van der Waals surface area contributed by atoms with E-state index in [2.05, 4.69) is 15.0 Å². The standard InChI is InChI=1S/C18H19ClN4O2S/c1-12-15(6-7-22-8-10-25-11-9-22)17(24)23-18(20-12)26-16(21-23)13-2-4-14(19)5-3-13/h2-5H,6-11H2,1H3. The van der Waals surface area contributed by atoms with E-state index in [4.69, 9.17) is 16.3 Å². The topological polar surface area (TPSA) is 59.7 Å². The Morgan fingerprint density at radius 1 is 1.23 bits per heavy atom. The van der Waals surface area contributed by atoms with Crippen molar-refractivity contribution >= 4 is 27.9 Å². The van der Waals surface area contributed by atoms with E-state index in [1.165, 1.54) is 15.9 Å². The van der Waals surface area contributed by atoms with Gasteiger partial charge in [-0.15, -0.1) is 0 Å². The number of fused-ring (bicyclic) bond motifs is 1. The van der Waals surface area contributed by atoms with Crippen LogP contribution in [0.2, 0.25) is 5.02 Å². The van der Waals surface area contributed by atoms with Crippen LogP contribution in [-0.4, -0.2) is 52.3 Å². The van der Waals surface area contributed by atoms with Gasteiger partial charge >= 0.3 is 0 Å². The van der Waals surface area contributed by atoms with Crippen molar-refractivity contribution in [2.24, 2.45) is 0 Å². The molecule has 0 N–H and O–H groups in total. The van der Waals surface area contributed by atoms with Crippen LogP contribution < -0.4 is 5.56 Å². The molecule has 6 nitrogen and oxygen atoms in total. The summed E-state index contributed by atoms with van der Waals surface area (Å²) < 4.78 is 6.80. The first-order valence-corrected chi connectivity index (χ1v) is 9.76. The number of aromatic nitrogens is 3. The minimum Gasteiger partial charge on any atom is -0.379 e. The Morgan fingerprint density at radius 2 is 1.96 bits per heavy atom. The molecule has 0 spiro atoms. The summed E-state index contributed by atoms with van der Waals surface area (Å²) in [6.07, 6.45) is 0.675. The molecule has 1 aliphatic heterocycles. The molecule has 1 aliphatic rings. The van der Waals surface area contributed by atoms with Crippen molar-refractivity contribution in [2.75, 3.05) is 32.8 Å². The lowest BCUT2D eigenvalue weighted by molar-refractivity contribution is 0.0384. The third-order valence-electron chi connectivity index (χ3n) is 4.58. The van der Waals surface area contributed by atoms with Gasteiger partial charge in [0.1, 0.15) is 5.01 Å². The first-order chi connectivity index (χ1) is 12.6. The molecule has 26 heavy (non-hydrogen) atoms. The minimum absolute atomic E-state index is 0.0720. The van der Waals surface area contributed by atoms with Gasteiger partial charge in [0.15, 0.2) is 0 Å². The van der Waals surface area contributed by atoms with Crippen molar-refractivity contribution in [1.29, 1.82) is 0 Å². The van der Waals surface area contributed by atoms with Crippen LogP contribution in [0.4, 0.5) is 0 Å². The molecule has 136 valence electrons. The molecular formula is C18H19ClN4O2S. The molecule has 0 bridgehead atoms. The predicted molar refractivity (Wildman–Crippen MR) is 103 cm³/mol. The van der Waals surface area contributed by atoms with Crippen molar-refractivity contribution in [3.63, 3.8) is 0 Å². The summed E-state index contributed by atoms with van der Waals surface area (Å²) >= 11 is 7.36. The third kappa shape index (κ3) is 3.53. The van der Waals surface area contributed by atoms with Crippen LogP contribution in [0.1, 0.15) is 11.3 Å². The Balaban J connectivity index is 1.64. The third-order valence-corrected chi connectivity index (χ3v) is 5.79. The Hall–Kier alpha value is -1.80. The molecule has 8 heteroatoms. The smallest absolute Gasteiger partial charge is 0.278 e. The SMILES string of the molecule is Cc1nc2sc(-c3ccc(Cl)cc3)nn2c(=O)c1CCN1CCOCC1. The lowest BCUT2D eigenvalue weighted by Gasteiger charge is -2.26. The molecule has 0 unspecified atom stereocenters. The van der Waals surface area contributed by atoms with Gasteiger partial charge in [-0.2, -0.15) is 9.61 Å². The Labute approximate surface area is 160 Å². The largest absolute Gasteiger partial charge is 0.379 e. The Kier molecular flexibility index (Phi) is 5.04. The molecule has 0 radical (unpaired) electrons. The van der Waals surface area contributed by atoms with Gasteiger partial charge in [-0.05, 0) is 25.5 Å². The van der Waals surface area contributed by atoms with Crippen LogP contribution in [0, 0.1) is 6.92 Å². The van der Waals surface area contributed by atoms with Crippen molar-refractivity contribution in [3.8, 4) is 10.6 Å². The second-order valence-electron chi connectivity index (χ2n) is 6.29. The highest BCUT2D eigenvalue weighted by Crippen LogP contribution is 2.25. The molecule has 3 aromatic rings. The number of ether oxygens (including phenoxy) is 1. The Morgan fingerprint density at radius 3 is 2.69 bits per heavy atom. The highest BCUT2D eigenvalue weighted by atomic mass is 35.5. The van der Waals surface area contributed by atoms with Gasteiger partial charge in [0, 0.05) is 41.5 Å². The van der Waals surface area contributed by atoms with Gasteiger partial charge in [-0.3, -0.25) is 9.69 Å². The van der Waals surface area contributed by atoms with Gasteiger partial charge in [-0.1, -0.05) is 35.1 Å². The fourth-order valence-electron chi connectivity index (χ4n) is 3.07. The van der Waals surface area contributed by atoms with E-state index >= 15 is 0 Å². The van der Waals surface area contributed by atoms with Gasteiger partial charge in [0.25, 0.3) is 5.56 Å². The Bertz CT molecular complexity index is 977. The fourth-order valence-corrected chi connectivity index (χ4v) is 4.14. The van der Waals surface area contributed by atoms with Crippen molar-refractivity contribution in [1.82, 2.24) is 19.5 Å². The van der Waals surface area contributed by atoms with Crippen LogP contribution in [-0.2, 0) is 11.2 Å². The monoisotopic (exact) mass is 390 g/mol. The minimum atomic E-state index is -0.0720. The average Bonchev–Trinajstić information content (AvgIpc) is 3.07. The van der Waals surface area contributed by atoms with Crippen molar-refractivity contribution in [3.05, 3.63) is 50.9 Å². The van der Waals surface area contributed by atoms with Crippen molar-refractivity contribution in [2.45, 2.75) is 13.3 Å². The summed E-state index contributed by atoms with van der Waals surface area (Å²) in [4.78, 5) is 20.5. The first-order valence-electron chi connectivity index (χ1n) is 8.57. The van der Waals surface area contributed by atoms with E-state index in [1.54, 1.807) is 0 Å². The fraction of sp³-hybridized carbons (Fsp3) is 0.389. The number of benzene rings is 1. The molecule has 4 rings (SSSR count). The zero-order valence-corrected chi connectivity index (χ0v) is 16.0. The second kappa shape index (κ2) is 7.44. The number of halogens is 1. The van der Waals surface area contributed by atoms with Crippen LogP contribution in [0.25, 0.3) is 15.5 Å². The lowest BCUT2D eigenvalue weighted by atomic mass is 10.1. The van der Waals surface area contributed by atoms with Gasteiger partial charge in [0.2, 0.25) is 4.96 Å². The molecular weight excluding hydrogens is 372 g/mol. The van der Waals surface area contributed by atoms with Gasteiger partial charge < -0.3 is 4.74 Å². The summed E-state index contributed by atoms with van der Waals surface area (Å²) in [7, 11) is 0. The highest BCUT2D eigenvalue weighted by Gasteiger charge is 2.17. The zero-order chi connectivity index (χ0) is 18.1. The lowest BCUT2D eigenvalue weighted by Crippen LogP contribution is -2.38. The number of hydrogen-bond donors (Lipinski definition) is 0. The molecule has 1 saturated heterocycles. The molecule has 0 atom stereocenters. The molecule has 3 heterocycles. The molecule has 1 aromatic carbocycles. The van der Waals surface area contributed by atoms with E-state index in [1.807, 2.05) is 31.2 Å². The average molecular weight is 391 g/mol. The van der Waals surface area contributed by atoms with Crippen LogP contribution >= 0.6 is 22.9 Å². The number of morpholine rings is 1. The summed E-state index contributed by atoms with van der Waals surface area (Å²) in [6.45, 7) is 6.07. The molecule has 1 fully saturated rings. The zero-order valence-electron chi connectivity index (χ0n) is 14.4. The normalized spacial score (nSPS) is 15.6. The van der Waals surface area contributed by atoms with Gasteiger partial charge in [-0.25, -0.2) is 4.98 Å². The van der Waals surface area contributed by atoms with E-state index < -0.39 is 0 Å². The highest BCUT2D eigenvalue weighted by molar-refractivity contribution is 7.19. The quantitative estimate of drug-likeness (QED) is 0.685. The summed E-state index contributed by atoms with van der Waals surface area (Å²) in [5.74, 6) is 0. The van der Waals surface area contributed by atoms with E-state index in [-0.39, 0.29) is 5.56 Å². The summed E-state index contributed by atoms with van der Waals surface area (Å²) in [5, 5.41) is 5.92. The van der Waals surface area contributed by atoms with Crippen molar-refractivity contribution < 1.29 is 4.74 Å². The molecule has 0 saturated carbocycles. The number of hydrogen-bond acceptors (Lipinski definition) is 6. The maximum atomic E-state index is 12.9. The van der Waals surface area contributed by atoms with Gasteiger partial charge in [0.05, 0.1) is 13.2 Å². The van der Waals surface area contributed by atoms with E-state index in [0.717, 1.165) is 54.7 Å². The van der Waals surface area contributed by atoms with E-state index in [0.29, 0.717) is 16.4 Å². The molecule has 0 amide bonds. The maximum Gasteiger partial charge on any atom is 0.278 e. The second-order valence-corrected chi connectivity index (χ2v) is 7.69. The van der Waals surface area contributed by atoms with Crippen LogP contribution in [0.5, 0.6) is 0 Å². The number of aryl methyl sites for hydroxylation is 1. The van der Waals surface area contributed by atoms with E-state index in [9.17, 15) is 4.79 Å². The predicted octanol–water partition coefficient (Wildman–Crippen LogP) is 2.65. The molecule has 0 aliphatic carbocycles. The number of rotatable bonds is 4. The number of nitrogens with zero attached hydrogens (tertiary/aromatic N) is 4. The summed E-state index contributed by atoms with van der Waals surface area (Å²) in [6, 6.07) is 7.44. The summed E-state index contributed by atoms with van der Waals surface area (Å²) in [5.41, 5.74) is 2.38. The van der Waals surface area contributed by atoms with Crippen LogP contribution in [0.15, 0.2) is 29.1 Å². The van der Waals surface area contributed by atoms with Crippen LogP contribution in [0.3, 0.4) is 0 Å². The molecule has 2 aromatic heterocycles.